The lowest BCUT2D eigenvalue weighted by Gasteiger charge is -2.35. The van der Waals surface area contributed by atoms with Crippen molar-refractivity contribution in [2.45, 2.75) is 49.4 Å². The Balaban J connectivity index is 1.85. The number of nitrogens with zero attached hydrogens (tertiary/aromatic N) is 1. The number of piperidine rings is 1. The third-order valence-corrected chi connectivity index (χ3v) is 4.56. The molecular formula is C16H25NO2S. The lowest BCUT2D eigenvalue weighted by Crippen LogP contribution is -2.40. The van der Waals surface area contributed by atoms with Gasteiger partial charge in [0.1, 0.15) is 5.75 Å². The lowest BCUT2D eigenvalue weighted by molar-refractivity contribution is -0.234. The fourth-order valence-corrected chi connectivity index (χ4v) is 3.55. The van der Waals surface area contributed by atoms with Gasteiger partial charge in [0.05, 0.1) is 12.7 Å². The minimum Gasteiger partial charge on any atom is -0.496 e. The molecule has 0 saturated carbocycles. The third-order valence-electron chi connectivity index (χ3n) is 3.17. The van der Waals surface area contributed by atoms with E-state index in [1.165, 1.54) is 4.90 Å². The van der Waals surface area contributed by atoms with Crippen LogP contribution in [0, 0.1) is 0 Å². The average molecular weight is 295 g/mol. The Morgan fingerprint density at radius 2 is 1.80 bits per heavy atom. The predicted octanol–water partition coefficient (Wildman–Crippen LogP) is 3.98. The van der Waals surface area contributed by atoms with Gasteiger partial charge in [-0.25, -0.2) is 0 Å². The zero-order chi connectivity index (χ0) is 14.6. The van der Waals surface area contributed by atoms with E-state index in [9.17, 15) is 0 Å². The predicted molar refractivity (Wildman–Crippen MR) is 84.3 cm³/mol. The number of para-hydroxylation sites is 1. The van der Waals surface area contributed by atoms with Crippen LogP contribution in [-0.4, -0.2) is 36.1 Å². The molecule has 0 N–H and O–H groups in total. The van der Waals surface area contributed by atoms with Crippen molar-refractivity contribution in [2.75, 3.05) is 20.2 Å². The summed E-state index contributed by atoms with van der Waals surface area (Å²) in [6.07, 6.45) is 2.30. The van der Waals surface area contributed by atoms with Gasteiger partial charge in [0, 0.05) is 23.2 Å². The van der Waals surface area contributed by atoms with Crippen LogP contribution in [0.25, 0.3) is 0 Å². The maximum atomic E-state index is 5.92. The topological polar surface area (TPSA) is 21.7 Å². The number of rotatable bonds is 4. The van der Waals surface area contributed by atoms with E-state index in [4.69, 9.17) is 9.57 Å². The van der Waals surface area contributed by atoms with Crippen molar-refractivity contribution in [1.82, 2.24) is 5.06 Å². The first kappa shape index (κ1) is 15.7. The second-order valence-corrected chi connectivity index (χ2v) is 7.44. The van der Waals surface area contributed by atoms with E-state index >= 15 is 0 Å². The number of hydrogen-bond donors (Lipinski definition) is 0. The van der Waals surface area contributed by atoms with Gasteiger partial charge in [-0.15, -0.1) is 11.8 Å². The van der Waals surface area contributed by atoms with E-state index in [1.54, 1.807) is 7.11 Å². The van der Waals surface area contributed by atoms with Crippen LogP contribution in [0.1, 0.15) is 33.6 Å². The van der Waals surface area contributed by atoms with Crippen LogP contribution in [0.15, 0.2) is 29.2 Å². The smallest absolute Gasteiger partial charge is 0.132 e. The highest BCUT2D eigenvalue weighted by molar-refractivity contribution is 8.00. The van der Waals surface area contributed by atoms with Gasteiger partial charge in [-0.05, 0) is 45.7 Å². The number of ether oxygens (including phenoxy) is 1. The molecule has 112 valence electrons. The Morgan fingerprint density at radius 3 is 2.40 bits per heavy atom. The van der Waals surface area contributed by atoms with Gasteiger partial charge in [-0.2, -0.15) is 5.06 Å². The van der Waals surface area contributed by atoms with E-state index in [0.29, 0.717) is 5.25 Å². The molecule has 1 aliphatic rings. The minimum atomic E-state index is -0.0946. The second-order valence-electron chi connectivity index (χ2n) is 6.10. The van der Waals surface area contributed by atoms with Crippen LogP contribution in [-0.2, 0) is 4.84 Å². The summed E-state index contributed by atoms with van der Waals surface area (Å²) in [5.74, 6) is 0.978. The maximum absolute atomic E-state index is 5.92. The third kappa shape index (κ3) is 4.69. The molecule has 0 aromatic heterocycles. The van der Waals surface area contributed by atoms with Gasteiger partial charge in [0.2, 0.25) is 0 Å². The highest BCUT2D eigenvalue weighted by atomic mass is 32.2. The quantitative estimate of drug-likeness (QED) is 0.837. The van der Waals surface area contributed by atoms with Crippen molar-refractivity contribution in [2.24, 2.45) is 0 Å². The molecule has 0 amide bonds. The Kier molecular flexibility index (Phi) is 5.35. The zero-order valence-electron chi connectivity index (χ0n) is 12.9. The Hall–Kier alpha value is -0.710. The number of thioether (sulfide) groups is 1. The Bertz CT molecular complexity index is 423. The van der Waals surface area contributed by atoms with Crippen molar-refractivity contribution >= 4 is 11.8 Å². The number of methoxy groups -OCH3 is 1. The second kappa shape index (κ2) is 6.83. The highest BCUT2D eigenvalue weighted by Gasteiger charge is 2.24. The average Bonchev–Trinajstić information content (AvgIpc) is 2.40. The molecule has 1 aromatic carbocycles. The molecule has 4 heteroatoms. The molecule has 0 atom stereocenters. The number of hydroxylamine groups is 2. The zero-order valence-corrected chi connectivity index (χ0v) is 13.7. The standard InChI is InChI=1S/C16H25NO2S/c1-16(2,3)19-17-11-9-13(10-12-17)20-15-8-6-5-7-14(15)18-4/h5-8,13H,9-12H2,1-4H3. The molecular weight excluding hydrogens is 270 g/mol. The van der Waals surface area contributed by atoms with Crippen molar-refractivity contribution in [1.29, 1.82) is 0 Å². The minimum absolute atomic E-state index is 0.0946. The molecule has 0 radical (unpaired) electrons. The largest absolute Gasteiger partial charge is 0.496 e. The van der Waals surface area contributed by atoms with Crippen molar-refractivity contribution in [3.8, 4) is 5.75 Å². The van der Waals surface area contributed by atoms with Gasteiger partial charge in [0.25, 0.3) is 0 Å². The van der Waals surface area contributed by atoms with Crippen LogP contribution >= 0.6 is 11.8 Å². The normalized spacial score (nSPS) is 18.2. The summed E-state index contributed by atoms with van der Waals surface area (Å²) in [4.78, 5) is 7.16. The summed E-state index contributed by atoms with van der Waals surface area (Å²) < 4.78 is 5.42. The molecule has 1 saturated heterocycles. The first-order valence-corrected chi connectivity index (χ1v) is 8.09. The van der Waals surface area contributed by atoms with Crippen LogP contribution in [0.4, 0.5) is 0 Å². The van der Waals surface area contributed by atoms with Crippen LogP contribution in [0.2, 0.25) is 0 Å². The molecule has 0 bridgehead atoms. The molecule has 3 nitrogen and oxygen atoms in total. The molecule has 1 aromatic rings. The molecule has 0 spiro atoms. The van der Waals surface area contributed by atoms with E-state index in [1.807, 2.05) is 23.9 Å². The summed E-state index contributed by atoms with van der Waals surface area (Å²) >= 11 is 1.93. The molecule has 2 rings (SSSR count). The summed E-state index contributed by atoms with van der Waals surface area (Å²) in [5.41, 5.74) is -0.0946. The summed E-state index contributed by atoms with van der Waals surface area (Å²) in [7, 11) is 1.74. The molecule has 0 unspecified atom stereocenters. The van der Waals surface area contributed by atoms with E-state index in [0.717, 1.165) is 31.7 Å². The number of hydrogen-bond acceptors (Lipinski definition) is 4. The SMILES string of the molecule is COc1ccccc1SC1CCN(OC(C)(C)C)CC1. The van der Waals surface area contributed by atoms with E-state index < -0.39 is 0 Å². The Morgan fingerprint density at radius 1 is 1.15 bits per heavy atom. The monoisotopic (exact) mass is 295 g/mol. The molecule has 1 fully saturated rings. The van der Waals surface area contributed by atoms with Gasteiger partial charge in [0.15, 0.2) is 0 Å². The molecule has 1 heterocycles. The van der Waals surface area contributed by atoms with E-state index in [2.05, 4.69) is 38.0 Å². The van der Waals surface area contributed by atoms with Crippen molar-refractivity contribution in [3.63, 3.8) is 0 Å². The first-order chi connectivity index (χ1) is 9.48. The number of benzene rings is 1. The maximum Gasteiger partial charge on any atom is 0.132 e. The summed E-state index contributed by atoms with van der Waals surface area (Å²) in [6, 6.07) is 8.26. The molecule has 0 aliphatic carbocycles. The highest BCUT2D eigenvalue weighted by Crippen LogP contribution is 2.36. The van der Waals surface area contributed by atoms with Crippen molar-refractivity contribution < 1.29 is 9.57 Å². The van der Waals surface area contributed by atoms with Gasteiger partial charge < -0.3 is 4.74 Å². The summed E-state index contributed by atoms with van der Waals surface area (Å²) in [5, 5.41) is 2.75. The molecule has 1 aliphatic heterocycles. The van der Waals surface area contributed by atoms with Gasteiger partial charge in [-0.1, -0.05) is 12.1 Å². The fraction of sp³-hybridized carbons (Fsp3) is 0.625. The van der Waals surface area contributed by atoms with E-state index in [-0.39, 0.29) is 5.60 Å². The van der Waals surface area contributed by atoms with Crippen LogP contribution < -0.4 is 4.74 Å². The summed E-state index contributed by atoms with van der Waals surface area (Å²) in [6.45, 7) is 8.31. The fourth-order valence-electron chi connectivity index (χ4n) is 2.32. The lowest BCUT2D eigenvalue weighted by atomic mass is 10.1. The van der Waals surface area contributed by atoms with Crippen LogP contribution in [0.3, 0.4) is 0 Å². The van der Waals surface area contributed by atoms with Crippen molar-refractivity contribution in [3.05, 3.63) is 24.3 Å². The van der Waals surface area contributed by atoms with Gasteiger partial charge >= 0.3 is 0 Å². The van der Waals surface area contributed by atoms with Crippen LogP contribution in [0.5, 0.6) is 5.75 Å². The van der Waals surface area contributed by atoms with Gasteiger partial charge in [-0.3, -0.25) is 4.84 Å². The first-order valence-electron chi connectivity index (χ1n) is 7.22. The Labute approximate surface area is 126 Å². The molecule has 20 heavy (non-hydrogen) atoms.